The summed E-state index contributed by atoms with van der Waals surface area (Å²) in [4.78, 5) is 4.17. The van der Waals surface area contributed by atoms with Gasteiger partial charge >= 0.3 is 0 Å². The van der Waals surface area contributed by atoms with Crippen LogP contribution >= 0.6 is 0 Å². The van der Waals surface area contributed by atoms with Crippen molar-refractivity contribution in [3.63, 3.8) is 0 Å². The number of fused-ring (bicyclic) bond motifs is 1. The second-order valence-electron chi connectivity index (χ2n) is 4.81. The summed E-state index contributed by atoms with van der Waals surface area (Å²) in [6.07, 6.45) is 1.63. The second kappa shape index (κ2) is 5.89. The summed E-state index contributed by atoms with van der Waals surface area (Å²) in [6, 6.07) is 15.8. The van der Waals surface area contributed by atoms with Crippen LogP contribution in [0.4, 0.5) is 10.1 Å². The molecule has 4 heteroatoms. The fourth-order valence-electron chi connectivity index (χ4n) is 2.35. The number of rotatable bonds is 4. The van der Waals surface area contributed by atoms with Crippen LogP contribution in [0.25, 0.3) is 10.9 Å². The quantitative estimate of drug-likeness (QED) is 0.769. The maximum absolute atomic E-state index is 13.3. The molecule has 3 nitrogen and oxygen atoms in total. The molecular weight excluding hydrogens is 267 g/mol. The van der Waals surface area contributed by atoms with Gasteiger partial charge in [-0.05, 0) is 23.8 Å². The molecule has 0 aliphatic rings. The van der Waals surface area contributed by atoms with Gasteiger partial charge in [0.25, 0.3) is 0 Å². The topological polar surface area (TPSA) is 45.1 Å². The minimum absolute atomic E-state index is 0.0327. The standard InChI is InChI=1S/C17H15FN2O/c18-13-6-7-14-15(8-9-19-16(14)10-13)20-17(11-21)12-4-2-1-3-5-12/h1-10,17,21H,11H2,(H,19,20). The molecule has 2 aromatic carbocycles. The van der Waals surface area contributed by atoms with Gasteiger partial charge in [0.15, 0.2) is 0 Å². The molecule has 0 amide bonds. The molecule has 0 saturated heterocycles. The number of pyridine rings is 1. The molecule has 1 aromatic heterocycles. The molecule has 1 atom stereocenters. The molecule has 3 aromatic rings. The van der Waals surface area contributed by atoms with Crippen molar-refractivity contribution in [2.45, 2.75) is 6.04 Å². The first kappa shape index (κ1) is 13.5. The van der Waals surface area contributed by atoms with Gasteiger partial charge in [0.2, 0.25) is 0 Å². The van der Waals surface area contributed by atoms with Gasteiger partial charge in [0, 0.05) is 23.3 Å². The minimum atomic E-state index is -0.311. The molecule has 0 aliphatic heterocycles. The highest BCUT2D eigenvalue weighted by atomic mass is 19.1. The van der Waals surface area contributed by atoms with Gasteiger partial charge in [-0.3, -0.25) is 4.98 Å². The van der Waals surface area contributed by atoms with E-state index in [-0.39, 0.29) is 18.5 Å². The van der Waals surface area contributed by atoms with E-state index in [1.54, 1.807) is 12.3 Å². The third-order valence-electron chi connectivity index (χ3n) is 3.42. The Morgan fingerprint density at radius 3 is 2.67 bits per heavy atom. The van der Waals surface area contributed by atoms with E-state index in [9.17, 15) is 9.50 Å². The number of aliphatic hydroxyl groups is 1. The smallest absolute Gasteiger partial charge is 0.125 e. The molecule has 0 fully saturated rings. The number of nitrogens with zero attached hydrogens (tertiary/aromatic N) is 1. The van der Waals surface area contributed by atoms with Gasteiger partial charge in [-0.1, -0.05) is 30.3 Å². The molecule has 21 heavy (non-hydrogen) atoms. The third kappa shape index (κ3) is 2.85. The van der Waals surface area contributed by atoms with Crippen molar-refractivity contribution in [3.05, 3.63) is 72.2 Å². The Hall–Kier alpha value is -2.46. The highest BCUT2D eigenvalue weighted by Crippen LogP contribution is 2.26. The lowest BCUT2D eigenvalue weighted by molar-refractivity contribution is 0.276. The number of hydrogen-bond acceptors (Lipinski definition) is 3. The van der Waals surface area contributed by atoms with Gasteiger partial charge in [-0.2, -0.15) is 0 Å². The van der Waals surface area contributed by atoms with E-state index in [4.69, 9.17) is 0 Å². The van der Waals surface area contributed by atoms with Crippen LogP contribution in [0.15, 0.2) is 60.8 Å². The third-order valence-corrected chi connectivity index (χ3v) is 3.42. The molecule has 1 heterocycles. The average Bonchev–Trinajstić information content (AvgIpc) is 2.53. The maximum Gasteiger partial charge on any atom is 0.125 e. The SMILES string of the molecule is OCC(Nc1ccnc2cc(F)ccc12)c1ccccc1. The van der Waals surface area contributed by atoms with Crippen LogP contribution < -0.4 is 5.32 Å². The zero-order chi connectivity index (χ0) is 14.7. The van der Waals surface area contributed by atoms with Gasteiger partial charge in [0.1, 0.15) is 5.82 Å². The number of nitrogens with one attached hydrogen (secondary N) is 1. The molecule has 0 bridgehead atoms. The van der Waals surface area contributed by atoms with Crippen molar-refractivity contribution in [1.29, 1.82) is 0 Å². The predicted octanol–water partition coefficient (Wildman–Crippen LogP) is 3.52. The first-order chi connectivity index (χ1) is 10.3. The summed E-state index contributed by atoms with van der Waals surface area (Å²) < 4.78 is 13.3. The monoisotopic (exact) mass is 282 g/mol. The van der Waals surface area contributed by atoms with E-state index in [1.807, 2.05) is 36.4 Å². The van der Waals surface area contributed by atoms with Gasteiger partial charge in [-0.15, -0.1) is 0 Å². The van der Waals surface area contributed by atoms with E-state index in [1.165, 1.54) is 12.1 Å². The van der Waals surface area contributed by atoms with E-state index in [0.29, 0.717) is 5.52 Å². The van der Waals surface area contributed by atoms with E-state index in [0.717, 1.165) is 16.6 Å². The number of aliphatic hydroxyl groups excluding tert-OH is 1. The fourth-order valence-corrected chi connectivity index (χ4v) is 2.35. The fraction of sp³-hybridized carbons (Fsp3) is 0.118. The van der Waals surface area contributed by atoms with Crippen molar-refractivity contribution in [2.75, 3.05) is 11.9 Å². The first-order valence-corrected chi connectivity index (χ1v) is 6.74. The number of aromatic nitrogens is 1. The number of hydrogen-bond donors (Lipinski definition) is 2. The van der Waals surface area contributed by atoms with Gasteiger partial charge in [-0.25, -0.2) is 4.39 Å². The summed E-state index contributed by atoms with van der Waals surface area (Å²) >= 11 is 0. The van der Waals surface area contributed by atoms with Gasteiger partial charge in [0.05, 0.1) is 18.2 Å². The van der Waals surface area contributed by atoms with E-state index in [2.05, 4.69) is 10.3 Å². The second-order valence-corrected chi connectivity index (χ2v) is 4.81. The summed E-state index contributed by atoms with van der Waals surface area (Å²) in [7, 11) is 0. The van der Waals surface area contributed by atoms with Crippen LogP contribution in [0.3, 0.4) is 0 Å². The number of benzene rings is 2. The van der Waals surface area contributed by atoms with Gasteiger partial charge < -0.3 is 10.4 Å². The number of halogens is 1. The largest absolute Gasteiger partial charge is 0.394 e. The maximum atomic E-state index is 13.3. The lowest BCUT2D eigenvalue weighted by Gasteiger charge is -2.19. The van der Waals surface area contributed by atoms with Crippen LogP contribution in [0.5, 0.6) is 0 Å². The lowest BCUT2D eigenvalue weighted by Crippen LogP contribution is -2.15. The molecule has 0 spiro atoms. The summed E-state index contributed by atoms with van der Waals surface area (Å²) in [5.41, 5.74) is 2.40. The molecule has 106 valence electrons. The average molecular weight is 282 g/mol. The van der Waals surface area contributed by atoms with Crippen LogP contribution in [0.1, 0.15) is 11.6 Å². The van der Waals surface area contributed by atoms with Crippen LogP contribution in [-0.2, 0) is 0 Å². The summed E-state index contributed by atoms with van der Waals surface area (Å²) in [6.45, 7) is -0.0327. The normalized spacial score (nSPS) is 12.3. The van der Waals surface area contributed by atoms with Crippen molar-refractivity contribution < 1.29 is 9.50 Å². The highest BCUT2D eigenvalue weighted by molar-refractivity contribution is 5.91. The van der Waals surface area contributed by atoms with E-state index >= 15 is 0 Å². The predicted molar refractivity (Wildman–Crippen MR) is 81.6 cm³/mol. The zero-order valence-corrected chi connectivity index (χ0v) is 11.3. The Balaban J connectivity index is 1.97. The van der Waals surface area contributed by atoms with Crippen molar-refractivity contribution >= 4 is 16.6 Å². The van der Waals surface area contributed by atoms with E-state index < -0.39 is 0 Å². The Kier molecular flexibility index (Phi) is 3.79. The Morgan fingerprint density at radius 2 is 1.90 bits per heavy atom. The highest BCUT2D eigenvalue weighted by Gasteiger charge is 2.11. The molecular formula is C17H15FN2O. The minimum Gasteiger partial charge on any atom is -0.394 e. The van der Waals surface area contributed by atoms with Crippen LogP contribution in [0, 0.1) is 5.82 Å². The van der Waals surface area contributed by atoms with Crippen molar-refractivity contribution in [3.8, 4) is 0 Å². The molecule has 3 rings (SSSR count). The molecule has 0 saturated carbocycles. The molecule has 1 unspecified atom stereocenters. The van der Waals surface area contributed by atoms with Crippen LogP contribution in [-0.4, -0.2) is 16.7 Å². The Labute approximate surface area is 122 Å². The first-order valence-electron chi connectivity index (χ1n) is 6.74. The molecule has 2 N–H and O–H groups in total. The Bertz CT molecular complexity index is 746. The summed E-state index contributed by atoms with van der Waals surface area (Å²) in [5, 5.41) is 13.7. The molecule has 0 radical (unpaired) electrons. The van der Waals surface area contributed by atoms with Crippen LogP contribution in [0.2, 0.25) is 0 Å². The van der Waals surface area contributed by atoms with Crippen molar-refractivity contribution in [2.24, 2.45) is 0 Å². The summed E-state index contributed by atoms with van der Waals surface area (Å²) in [5.74, 6) is -0.311. The Morgan fingerprint density at radius 1 is 1.10 bits per heavy atom. The lowest BCUT2D eigenvalue weighted by atomic mass is 10.1. The van der Waals surface area contributed by atoms with Crippen molar-refractivity contribution in [1.82, 2.24) is 4.98 Å². The number of anilines is 1. The zero-order valence-electron chi connectivity index (χ0n) is 11.3. The molecule has 0 aliphatic carbocycles.